The third-order valence-corrected chi connectivity index (χ3v) is 4.46. The predicted molar refractivity (Wildman–Crippen MR) is 105 cm³/mol. The second-order valence-corrected chi connectivity index (χ2v) is 6.47. The molecule has 0 atom stereocenters. The molecule has 0 radical (unpaired) electrons. The number of thiocarbonyl (C=S) groups is 1. The summed E-state index contributed by atoms with van der Waals surface area (Å²) in [5.74, 6) is 0. The third-order valence-electron chi connectivity index (χ3n) is 4.24. The summed E-state index contributed by atoms with van der Waals surface area (Å²) < 4.78 is 3.10. The van der Waals surface area contributed by atoms with Crippen LogP contribution in [0.2, 0.25) is 0 Å². The molecule has 4 rings (SSSR count). The van der Waals surface area contributed by atoms with Crippen molar-refractivity contribution in [3.63, 3.8) is 0 Å². The highest BCUT2D eigenvalue weighted by Gasteiger charge is 2.15. The van der Waals surface area contributed by atoms with E-state index >= 15 is 0 Å². The first-order valence-corrected chi connectivity index (χ1v) is 8.37. The Bertz CT molecular complexity index is 1310. The molecule has 0 unspecified atom stereocenters. The second-order valence-electron chi connectivity index (χ2n) is 6.03. The first-order chi connectivity index (χ1) is 12.5. The van der Waals surface area contributed by atoms with Crippen LogP contribution >= 0.6 is 12.2 Å². The molecule has 3 heterocycles. The number of nitrogens with one attached hydrogen (secondary N) is 1. The van der Waals surface area contributed by atoms with Gasteiger partial charge in [-0.1, -0.05) is 36.5 Å². The van der Waals surface area contributed by atoms with Crippen molar-refractivity contribution in [2.45, 2.75) is 6.92 Å². The minimum absolute atomic E-state index is 0.0651. The number of rotatable bonds is 2. The molecule has 128 valence electrons. The zero-order valence-corrected chi connectivity index (χ0v) is 14.7. The number of benzene rings is 1. The molecular weight excluding hydrogens is 346 g/mol. The molecule has 0 saturated heterocycles. The maximum Gasteiger partial charge on any atom is 0.267 e. The van der Waals surface area contributed by atoms with E-state index in [0.717, 1.165) is 5.56 Å². The Morgan fingerprint density at radius 1 is 1.19 bits per heavy atom. The van der Waals surface area contributed by atoms with Crippen molar-refractivity contribution < 1.29 is 0 Å². The summed E-state index contributed by atoms with van der Waals surface area (Å²) in [6, 6.07) is 14.5. The fraction of sp³-hybridized carbons (Fsp3) is 0.0526. The molecule has 0 amide bonds. The van der Waals surface area contributed by atoms with Crippen LogP contribution in [0.15, 0.2) is 59.5 Å². The minimum Gasteiger partial charge on any atom is -0.389 e. The van der Waals surface area contributed by atoms with Crippen molar-refractivity contribution in [3.05, 3.63) is 81.7 Å². The Morgan fingerprint density at radius 3 is 2.62 bits per heavy atom. The van der Waals surface area contributed by atoms with Crippen LogP contribution in [0.1, 0.15) is 11.1 Å². The van der Waals surface area contributed by atoms with Crippen LogP contribution < -0.4 is 16.8 Å². The van der Waals surface area contributed by atoms with Gasteiger partial charge in [0.1, 0.15) is 16.1 Å². The Hall–Kier alpha value is -3.32. The lowest BCUT2D eigenvalue weighted by atomic mass is 10.2. The van der Waals surface area contributed by atoms with Crippen LogP contribution in [-0.4, -0.2) is 18.9 Å². The summed E-state index contributed by atoms with van der Waals surface area (Å²) in [5.41, 5.74) is 8.59. The van der Waals surface area contributed by atoms with Crippen molar-refractivity contribution in [1.29, 1.82) is 5.41 Å². The van der Waals surface area contributed by atoms with Gasteiger partial charge in [0.15, 0.2) is 5.65 Å². The molecule has 3 aromatic heterocycles. The van der Waals surface area contributed by atoms with E-state index in [1.54, 1.807) is 22.9 Å². The Kier molecular flexibility index (Phi) is 3.66. The van der Waals surface area contributed by atoms with Crippen molar-refractivity contribution >= 4 is 33.9 Å². The van der Waals surface area contributed by atoms with E-state index in [2.05, 4.69) is 4.98 Å². The minimum atomic E-state index is -0.226. The first kappa shape index (κ1) is 16.2. The van der Waals surface area contributed by atoms with Crippen LogP contribution in [0.3, 0.4) is 0 Å². The average molecular weight is 361 g/mol. The lowest BCUT2D eigenvalue weighted by Gasteiger charge is -2.14. The van der Waals surface area contributed by atoms with Gasteiger partial charge in [0, 0.05) is 11.9 Å². The van der Waals surface area contributed by atoms with Gasteiger partial charge in [-0.2, -0.15) is 0 Å². The van der Waals surface area contributed by atoms with Crippen LogP contribution in [0.4, 0.5) is 0 Å². The fourth-order valence-corrected chi connectivity index (χ4v) is 3.15. The lowest BCUT2D eigenvalue weighted by molar-refractivity contribution is 0.932. The first-order valence-electron chi connectivity index (χ1n) is 7.96. The van der Waals surface area contributed by atoms with Gasteiger partial charge < -0.3 is 5.73 Å². The van der Waals surface area contributed by atoms with E-state index < -0.39 is 0 Å². The van der Waals surface area contributed by atoms with Gasteiger partial charge in [0.05, 0.1) is 10.9 Å². The van der Waals surface area contributed by atoms with Crippen molar-refractivity contribution in [2.24, 2.45) is 5.73 Å². The third kappa shape index (κ3) is 2.41. The van der Waals surface area contributed by atoms with E-state index in [1.165, 1.54) is 4.40 Å². The number of fused-ring (bicyclic) bond motifs is 2. The molecule has 0 spiro atoms. The van der Waals surface area contributed by atoms with Gasteiger partial charge in [-0.05, 0) is 36.8 Å². The SMILES string of the molecule is Cc1ccc2nc3c(cc(C(N)=S)c(=N)n3-c3ccccc3)c(=O)n2c1. The Labute approximate surface area is 153 Å². The standard InChI is InChI=1S/C19H15N5OS/c1-11-7-8-15-22-18-14(19(25)23(15)10-11)9-13(17(21)26)16(20)24(18)12-5-3-2-4-6-12/h2-10,20H,1H3,(H2,21,26). The molecule has 1 aromatic carbocycles. The second kappa shape index (κ2) is 5.89. The number of pyridine rings is 2. The molecule has 0 fully saturated rings. The largest absolute Gasteiger partial charge is 0.389 e. The maximum absolute atomic E-state index is 13.1. The summed E-state index contributed by atoms with van der Waals surface area (Å²) in [7, 11) is 0. The molecule has 0 aliphatic heterocycles. The highest BCUT2D eigenvalue weighted by molar-refractivity contribution is 7.80. The summed E-state index contributed by atoms with van der Waals surface area (Å²) in [6.45, 7) is 1.91. The normalized spacial score (nSPS) is 11.1. The topological polar surface area (TPSA) is 89.2 Å². The molecule has 3 N–H and O–H groups in total. The van der Waals surface area contributed by atoms with Gasteiger partial charge in [-0.3, -0.25) is 19.2 Å². The number of aromatic nitrogens is 3. The average Bonchev–Trinajstić information content (AvgIpc) is 2.63. The van der Waals surface area contributed by atoms with Crippen molar-refractivity contribution in [1.82, 2.24) is 14.0 Å². The smallest absolute Gasteiger partial charge is 0.267 e. The van der Waals surface area contributed by atoms with Crippen molar-refractivity contribution in [2.75, 3.05) is 0 Å². The van der Waals surface area contributed by atoms with Gasteiger partial charge >= 0.3 is 0 Å². The number of hydrogen-bond acceptors (Lipinski definition) is 4. The van der Waals surface area contributed by atoms with Crippen molar-refractivity contribution in [3.8, 4) is 5.69 Å². The van der Waals surface area contributed by atoms with Gasteiger partial charge in [-0.15, -0.1) is 0 Å². The van der Waals surface area contributed by atoms with E-state index in [1.807, 2.05) is 43.3 Å². The maximum atomic E-state index is 13.1. The van der Waals surface area contributed by atoms with Gasteiger partial charge in [0.2, 0.25) is 0 Å². The monoisotopic (exact) mass is 361 g/mol. The number of aryl methyl sites for hydroxylation is 1. The zero-order valence-electron chi connectivity index (χ0n) is 13.9. The summed E-state index contributed by atoms with van der Waals surface area (Å²) in [4.78, 5) is 17.8. The molecule has 0 saturated carbocycles. The van der Waals surface area contributed by atoms with Crippen LogP contribution in [0.25, 0.3) is 22.4 Å². The van der Waals surface area contributed by atoms with E-state index in [0.29, 0.717) is 27.9 Å². The van der Waals surface area contributed by atoms with Crippen LogP contribution in [0, 0.1) is 12.3 Å². The van der Waals surface area contributed by atoms with E-state index in [9.17, 15) is 4.79 Å². The zero-order chi connectivity index (χ0) is 18.4. The lowest BCUT2D eigenvalue weighted by Crippen LogP contribution is -2.31. The Balaban J connectivity index is 2.28. The molecule has 6 nitrogen and oxygen atoms in total. The summed E-state index contributed by atoms with van der Waals surface area (Å²) in [6.07, 6.45) is 1.74. The highest BCUT2D eigenvalue weighted by atomic mass is 32.1. The quantitative estimate of drug-likeness (QED) is 0.422. The highest BCUT2D eigenvalue weighted by Crippen LogP contribution is 2.15. The molecule has 0 aliphatic carbocycles. The van der Waals surface area contributed by atoms with E-state index in [4.69, 9.17) is 23.4 Å². The van der Waals surface area contributed by atoms with Gasteiger partial charge in [-0.25, -0.2) is 4.98 Å². The molecule has 4 aromatic rings. The summed E-state index contributed by atoms with van der Waals surface area (Å²) in [5, 5.41) is 8.91. The summed E-state index contributed by atoms with van der Waals surface area (Å²) >= 11 is 5.10. The molecular formula is C19H15N5OS. The Morgan fingerprint density at radius 2 is 1.92 bits per heavy atom. The molecule has 7 heteroatoms. The number of hydrogen-bond donors (Lipinski definition) is 2. The fourth-order valence-electron chi connectivity index (χ4n) is 3.00. The van der Waals surface area contributed by atoms with Gasteiger partial charge in [0.25, 0.3) is 5.56 Å². The van der Waals surface area contributed by atoms with E-state index in [-0.39, 0.29) is 16.0 Å². The van der Waals surface area contributed by atoms with Crippen LogP contribution in [0.5, 0.6) is 0 Å². The van der Waals surface area contributed by atoms with Crippen LogP contribution in [-0.2, 0) is 0 Å². The predicted octanol–water partition coefficient (Wildman–Crippen LogP) is 2.06. The molecule has 26 heavy (non-hydrogen) atoms. The number of nitrogens with zero attached hydrogens (tertiary/aromatic N) is 3. The molecule has 0 aliphatic rings. The number of nitrogens with two attached hydrogens (primary N) is 1. The molecule has 0 bridgehead atoms. The number of para-hydroxylation sites is 1.